The minimum absolute atomic E-state index is 0.00397. The van der Waals surface area contributed by atoms with Crippen molar-refractivity contribution < 1.29 is 71.9 Å². The predicted octanol–water partition coefficient (Wildman–Crippen LogP) is 2.40. The zero-order valence-electron chi connectivity index (χ0n) is 49.7. The molecule has 0 spiro atoms. The molecule has 1 aliphatic heterocycles. The third-order valence-corrected chi connectivity index (χ3v) is 14.3. The fourth-order valence-corrected chi connectivity index (χ4v) is 9.79. The molecule has 23 nitrogen and oxygen atoms in total. The van der Waals surface area contributed by atoms with E-state index in [9.17, 15) is 38.4 Å². The van der Waals surface area contributed by atoms with Gasteiger partial charge in [0.1, 0.15) is 24.7 Å². The minimum Gasteiger partial charge on any atom is -0.464 e. The number of hydrogen-bond acceptors (Lipinski definition) is 16. The molecule has 0 aliphatic carbocycles. The van der Waals surface area contributed by atoms with Gasteiger partial charge < -0.3 is 69.9 Å². The molecule has 1 aromatic carbocycles. The maximum Gasteiger partial charge on any atom is 0.407 e. The Morgan fingerprint density at radius 2 is 1.46 bits per heavy atom. The van der Waals surface area contributed by atoms with Crippen LogP contribution in [0.25, 0.3) is 0 Å². The molecular formula is C56H96N8O15. The lowest BCUT2D eigenvalue weighted by atomic mass is 9.89. The molecule has 1 fully saturated rings. The molecule has 1 heterocycles. The average molecular weight is 1120 g/mol. The fourth-order valence-electron chi connectivity index (χ4n) is 9.79. The molecule has 79 heavy (non-hydrogen) atoms. The summed E-state index contributed by atoms with van der Waals surface area (Å²) < 4.78 is 32.8. The highest BCUT2D eigenvalue weighted by Gasteiger charge is 2.43. The number of ether oxygens (including phenoxy) is 6. The highest BCUT2D eigenvalue weighted by molar-refractivity contribution is 5.91. The van der Waals surface area contributed by atoms with Crippen LogP contribution in [-0.4, -0.2) is 210 Å². The largest absolute Gasteiger partial charge is 0.464 e. The lowest BCUT2D eigenvalue weighted by molar-refractivity contribution is -0.176. The number of carbonyl (C=O) groups excluding carboxylic acids is 8. The van der Waals surface area contributed by atoms with Crippen molar-refractivity contribution in [3.8, 4) is 0 Å². The van der Waals surface area contributed by atoms with E-state index < -0.39 is 96.6 Å². The third kappa shape index (κ3) is 22.9. The van der Waals surface area contributed by atoms with E-state index in [0.29, 0.717) is 25.8 Å². The Morgan fingerprint density at radius 1 is 0.785 bits per heavy atom. The molecule has 0 radical (unpaired) electrons. The van der Waals surface area contributed by atoms with Gasteiger partial charge in [-0.15, -0.1) is 0 Å². The first-order valence-corrected chi connectivity index (χ1v) is 27.7. The van der Waals surface area contributed by atoms with Crippen LogP contribution < -0.4 is 26.6 Å². The van der Waals surface area contributed by atoms with E-state index in [1.54, 1.807) is 30.7 Å². The number of alkyl carbamates (subject to hydrolysis) is 1. The molecule has 0 aromatic heterocycles. The van der Waals surface area contributed by atoms with Gasteiger partial charge in [-0.1, -0.05) is 85.2 Å². The number of hydrogen-bond donors (Lipinski definition) is 6. The Balaban J connectivity index is 2.08. The maximum atomic E-state index is 14.5. The number of carbonyl (C=O) groups is 8. The molecule has 2 rings (SSSR count). The van der Waals surface area contributed by atoms with E-state index in [1.807, 2.05) is 90.9 Å². The summed E-state index contributed by atoms with van der Waals surface area (Å²) in [6.07, 6.45) is -1.62. The zero-order chi connectivity index (χ0) is 59.5. The van der Waals surface area contributed by atoms with E-state index in [1.165, 1.54) is 28.3 Å². The van der Waals surface area contributed by atoms with Gasteiger partial charge in [0.05, 0.1) is 62.0 Å². The summed E-state index contributed by atoms with van der Waals surface area (Å²) in [6.45, 7) is 16.3. The van der Waals surface area contributed by atoms with Gasteiger partial charge in [-0.2, -0.15) is 0 Å². The van der Waals surface area contributed by atoms with E-state index >= 15 is 0 Å². The third-order valence-electron chi connectivity index (χ3n) is 14.3. The van der Waals surface area contributed by atoms with Crippen LogP contribution in [0.3, 0.4) is 0 Å². The molecular weight excluding hydrogens is 1020 g/mol. The SMILES string of the molecule is CC[C@H](C)[C@@H]([C@@H](CC(=O)N1CCC[C@H]1[C@H](OC)[C@@H](C)C(=O)N[C@@H](Cc1ccccc1)C(=O)NCCCOC(=O)[C@H](C)NC(=O)CCNC(=O)OCC(OC)OC(C)CO)OC)N(C)C(=O)[C@@H](NC(=O)[C@H](C(C)C)N(C)C)C(C)C. The van der Waals surface area contributed by atoms with Gasteiger partial charge in [0.25, 0.3) is 0 Å². The van der Waals surface area contributed by atoms with Crippen LogP contribution in [0.4, 0.5) is 4.79 Å². The summed E-state index contributed by atoms with van der Waals surface area (Å²) in [5.41, 5.74) is 0.798. The number of esters is 1. The average Bonchev–Trinajstić information content (AvgIpc) is 3.90. The molecule has 1 saturated heterocycles. The highest BCUT2D eigenvalue weighted by Crippen LogP contribution is 2.30. The van der Waals surface area contributed by atoms with Crippen molar-refractivity contribution in [2.75, 3.05) is 81.9 Å². The molecule has 1 aromatic rings. The molecule has 23 heteroatoms. The van der Waals surface area contributed by atoms with Crippen molar-refractivity contribution in [3.63, 3.8) is 0 Å². The second kappa shape index (κ2) is 36.0. The van der Waals surface area contributed by atoms with Gasteiger partial charge in [-0.3, -0.25) is 33.7 Å². The number of amides is 7. The predicted molar refractivity (Wildman–Crippen MR) is 296 cm³/mol. The summed E-state index contributed by atoms with van der Waals surface area (Å²) in [4.78, 5) is 113. The lowest BCUT2D eigenvalue weighted by Gasteiger charge is -2.41. The lowest BCUT2D eigenvalue weighted by Crippen LogP contribution is -2.59. The van der Waals surface area contributed by atoms with Crippen molar-refractivity contribution in [2.45, 2.75) is 168 Å². The number of aliphatic hydroxyl groups excluding tert-OH is 1. The second-order valence-corrected chi connectivity index (χ2v) is 21.4. The quantitative estimate of drug-likeness (QED) is 0.0320. The summed E-state index contributed by atoms with van der Waals surface area (Å²) in [7, 11) is 9.75. The number of nitrogens with zero attached hydrogens (tertiary/aromatic N) is 3. The monoisotopic (exact) mass is 1120 g/mol. The van der Waals surface area contributed by atoms with Crippen LogP contribution in [0.5, 0.6) is 0 Å². The Kier molecular flexibility index (Phi) is 31.7. The number of rotatable bonds is 36. The van der Waals surface area contributed by atoms with Crippen LogP contribution in [0.2, 0.25) is 0 Å². The van der Waals surface area contributed by atoms with Crippen LogP contribution in [-0.2, 0) is 68.4 Å². The number of methoxy groups -OCH3 is 3. The molecule has 1 aliphatic rings. The molecule has 450 valence electrons. The molecule has 7 amide bonds. The number of likely N-dealkylation sites (N-methyl/N-ethyl adjacent to an activating group) is 2. The van der Waals surface area contributed by atoms with Crippen LogP contribution >= 0.6 is 0 Å². The van der Waals surface area contributed by atoms with Crippen LogP contribution in [0, 0.1) is 23.7 Å². The Morgan fingerprint density at radius 3 is 2.03 bits per heavy atom. The van der Waals surface area contributed by atoms with E-state index in [0.717, 1.165) is 5.56 Å². The maximum absolute atomic E-state index is 14.5. The fraction of sp³-hybridized carbons (Fsp3) is 0.750. The Hall–Kier alpha value is -5.46. The van der Waals surface area contributed by atoms with Crippen molar-refractivity contribution in [1.29, 1.82) is 0 Å². The molecule has 0 bridgehead atoms. The van der Waals surface area contributed by atoms with Gasteiger partial charge in [0.2, 0.25) is 35.4 Å². The minimum atomic E-state index is -1.01. The first-order valence-electron chi connectivity index (χ1n) is 27.7. The second-order valence-electron chi connectivity index (χ2n) is 21.4. The Bertz CT molecular complexity index is 2040. The highest BCUT2D eigenvalue weighted by atomic mass is 16.7. The van der Waals surface area contributed by atoms with Crippen molar-refractivity contribution in [2.24, 2.45) is 23.7 Å². The molecule has 2 unspecified atom stereocenters. The van der Waals surface area contributed by atoms with Gasteiger partial charge in [-0.05, 0) is 70.5 Å². The number of aliphatic hydroxyl groups is 1. The standard InChI is InChI=1S/C56H96N8O15/c1-16-36(6)49(63(12)54(71)47(34(2)3)61-53(70)48(35(4)5)62(10)11)43(74-13)31-45(67)64-28-20-24-42(64)50(76-15)38(8)51(68)60-41(30-40-22-18-17-19-23-40)52(69)57-26-21-29-77-55(72)39(9)59-44(66)25-27-58-56(73)78-33-46(75-14)79-37(7)32-65/h17-19,22-23,34-39,41-43,46-50,65H,16,20-21,24-33H2,1-15H3,(H,57,69)(H,58,73)(H,59,66)(H,60,68)(H,61,70)/t36-,37?,38+,39-,41-,42-,43+,46?,47-,48-,49-,50+/m0/s1. The first-order chi connectivity index (χ1) is 37.4. The summed E-state index contributed by atoms with van der Waals surface area (Å²) in [5, 5.41) is 22.8. The number of likely N-dealkylation sites (tertiary alicyclic amines) is 1. The van der Waals surface area contributed by atoms with Gasteiger partial charge >= 0.3 is 12.1 Å². The zero-order valence-corrected chi connectivity index (χ0v) is 49.7. The summed E-state index contributed by atoms with van der Waals surface area (Å²) in [5.74, 6) is -4.02. The van der Waals surface area contributed by atoms with Gasteiger partial charge in [0.15, 0.2) is 6.29 Å². The van der Waals surface area contributed by atoms with Crippen molar-refractivity contribution in [1.82, 2.24) is 41.3 Å². The molecule has 6 N–H and O–H groups in total. The molecule has 0 saturated carbocycles. The normalized spacial score (nSPS) is 17.7. The van der Waals surface area contributed by atoms with Crippen molar-refractivity contribution in [3.05, 3.63) is 35.9 Å². The van der Waals surface area contributed by atoms with Crippen LogP contribution in [0.15, 0.2) is 30.3 Å². The van der Waals surface area contributed by atoms with Crippen molar-refractivity contribution >= 4 is 47.5 Å². The Labute approximate surface area is 468 Å². The smallest absolute Gasteiger partial charge is 0.407 e. The van der Waals surface area contributed by atoms with Gasteiger partial charge in [0, 0.05) is 60.9 Å². The first kappa shape index (κ1) is 69.6. The van der Waals surface area contributed by atoms with Gasteiger partial charge in [-0.25, -0.2) is 9.59 Å². The topological polar surface area (TPSA) is 282 Å². The summed E-state index contributed by atoms with van der Waals surface area (Å²) >= 11 is 0. The van der Waals surface area contributed by atoms with E-state index in [2.05, 4.69) is 26.6 Å². The summed E-state index contributed by atoms with van der Waals surface area (Å²) in [6, 6.07) is 4.91. The molecule has 12 atom stereocenters. The van der Waals surface area contributed by atoms with E-state index in [-0.39, 0.29) is 94.1 Å². The van der Waals surface area contributed by atoms with E-state index in [4.69, 9.17) is 33.5 Å². The van der Waals surface area contributed by atoms with Crippen LogP contribution in [0.1, 0.15) is 106 Å². The number of nitrogens with one attached hydrogen (secondary N) is 5. The number of benzene rings is 1.